The molecule has 0 aliphatic carbocycles. The summed E-state index contributed by atoms with van der Waals surface area (Å²) >= 11 is 5.69. The van der Waals surface area contributed by atoms with Crippen LogP contribution in [-0.2, 0) is 0 Å². The Bertz CT molecular complexity index is 396. The molecular formula is C10H12Cl2F3NO. The summed E-state index contributed by atoms with van der Waals surface area (Å²) in [4.78, 5) is 0. The second kappa shape index (κ2) is 5.80. The Morgan fingerprint density at radius 1 is 1.41 bits per heavy atom. The lowest BCUT2D eigenvalue weighted by Gasteiger charge is -2.17. The predicted octanol–water partition coefficient (Wildman–Crippen LogP) is 3.73. The molecule has 0 aliphatic rings. The van der Waals surface area contributed by atoms with Gasteiger partial charge in [0.05, 0.1) is 6.42 Å². The third kappa shape index (κ3) is 4.61. The second-order valence-electron chi connectivity index (χ2n) is 3.59. The molecule has 0 aliphatic heterocycles. The fourth-order valence-electron chi connectivity index (χ4n) is 1.40. The van der Waals surface area contributed by atoms with E-state index in [0.29, 0.717) is 5.56 Å². The van der Waals surface area contributed by atoms with Gasteiger partial charge in [-0.2, -0.15) is 13.2 Å². The number of aromatic hydroxyl groups is 1. The molecule has 98 valence electrons. The number of benzene rings is 1. The van der Waals surface area contributed by atoms with Crippen molar-refractivity contribution in [2.24, 2.45) is 5.73 Å². The fraction of sp³-hybridized carbons (Fsp3) is 0.400. The number of alkyl halides is 3. The summed E-state index contributed by atoms with van der Waals surface area (Å²) in [6, 6.07) is 1.40. The van der Waals surface area contributed by atoms with Crippen LogP contribution >= 0.6 is 24.0 Å². The van der Waals surface area contributed by atoms with Crippen LogP contribution in [0.5, 0.6) is 5.75 Å². The molecule has 1 atom stereocenters. The summed E-state index contributed by atoms with van der Waals surface area (Å²) in [6.07, 6.45) is -5.57. The van der Waals surface area contributed by atoms with E-state index in [0.717, 1.165) is 0 Å². The molecule has 1 aromatic carbocycles. The van der Waals surface area contributed by atoms with Crippen molar-refractivity contribution in [3.8, 4) is 5.75 Å². The average molecular weight is 290 g/mol. The van der Waals surface area contributed by atoms with Gasteiger partial charge in [-0.25, -0.2) is 0 Å². The van der Waals surface area contributed by atoms with Gasteiger partial charge in [-0.15, -0.1) is 12.4 Å². The van der Waals surface area contributed by atoms with E-state index in [-0.39, 0.29) is 28.7 Å². The number of aryl methyl sites for hydroxylation is 1. The van der Waals surface area contributed by atoms with Crippen molar-refractivity contribution in [3.05, 3.63) is 28.3 Å². The highest BCUT2D eigenvalue weighted by atomic mass is 35.5. The van der Waals surface area contributed by atoms with Crippen molar-refractivity contribution in [2.45, 2.75) is 25.6 Å². The monoisotopic (exact) mass is 289 g/mol. The maximum absolute atomic E-state index is 12.1. The molecular weight excluding hydrogens is 278 g/mol. The summed E-state index contributed by atoms with van der Waals surface area (Å²) < 4.78 is 36.4. The maximum atomic E-state index is 12.1. The van der Waals surface area contributed by atoms with Crippen LogP contribution in [0.25, 0.3) is 0 Å². The molecule has 0 amide bonds. The highest BCUT2D eigenvalue weighted by Crippen LogP contribution is 2.35. The van der Waals surface area contributed by atoms with Gasteiger partial charge in [0.2, 0.25) is 0 Å². The zero-order chi connectivity index (χ0) is 12.5. The molecule has 0 saturated carbocycles. The largest absolute Gasteiger partial charge is 0.507 e. The van der Waals surface area contributed by atoms with Crippen LogP contribution in [0.2, 0.25) is 5.02 Å². The minimum Gasteiger partial charge on any atom is -0.507 e. The third-order valence-electron chi connectivity index (χ3n) is 2.15. The van der Waals surface area contributed by atoms with Crippen LogP contribution in [0.4, 0.5) is 13.2 Å². The van der Waals surface area contributed by atoms with Gasteiger partial charge >= 0.3 is 6.18 Å². The summed E-state index contributed by atoms with van der Waals surface area (Å²) in [5.74, 6) is -0.235. The van der Waals surface area contributed by atoms with E-state index in [1.54, 1.807) is 6.92 Å². The summed E-state index contributed by atoms with van der Waals surface area (Å²) in [6.45, 7) is 1.55. The zero-order valence-electron chi connectivity index (χ0n) is 8.88. The van der Waals surface area contributed by atoms with E-state index in [9.17, 15) is 18.3 Å². The fourth-order valence-corrected chi connectivity index (χ4v) is 1.68. The van der Waals surface area contributed by atoms with Gasteiger partial charge in [-0.05, 0) is 24.6 Å². The number of halogens is 5. The van der Waals surface area contributed by atoms with Gasteiger partial charge < -0.3 is 10.8 Å². The molecule has 0 aromatic heterocycles. The smallest absolute Gasteiger partial charge is 0.390 e. The zero-order valence-corrected chi connectivity index (χ0v) is 10.5. The molecule has 1 rings (SSSR count). The number of rotatable bonds is 2. The SMILES string of the molecule is Cc1cc(Cl)cc([C@@H](N)CC(F)(F)F)c1O.Cl. The average Bonchev–Trinajstić information content (AvgIpc) is 2.08. The van der Waals surface area contributed by atoms with Crippen LogP contribution in [0.1, 0.15) is 23.6 Å². The Labute approximate surface area is 108 Å². The van der Waals surface area contributed by atoms with Gasteiger partial charge in [-0.1, -0.05) is 11.6 Å². The Kier molecular flexibility index (Phi) is 5.58. The molecule has 0 unspecified atom stereocenters. The molecule has 2 nitrogen and oxygen atoms in total. The molecule has 7 heteroatoms. The van der Waals surface area contributed by atoms with E-state index in [1.165, 1.54) is 12.1 Å². The molecule has 0 spiro atoms. The van der Waals surface area contributed by atoms with Crippen LogP contribution in [0.15, 0.2) is 12.1 Å². The summed E-state index contributed by atoms with van der Waals surface area (Å²) in [5, 5.41) is 9.84. The summed E-state index contributed by atoms with van der Waals surface area (Å²) in [5.41, 5.74) is 5.80. The molecule has 0 radical (unpaired) electrons. The molecule has 0 heterocycles. The van der Waals surface area contributed by atoms with E-state index in [1.807, 2.05) is 0 Å². The normalized spacial score (nSPS) is 13.1. The minimum absolute atomic E-state index is 0. The van der Waals surface area contributed by atoms with E-state index in [2.05, 4.69) is 0 Å². The van der Waals surface area contributed by atoms with E-state index >= 15 is 0 Å². The topological polar surface area (TPSA) is 46.2 Å². The van der Waals surface area contributed by atoms with Crippen molar-refractivity contribution < 1.29 is 18.3 Å². The van der Waals surface area contributed by atoms with Gasteiger partial charge in [0, 0.05) is 16.6 Å². The lowest BCUT2D eigenvalue weighted by atomic mass is 10.0. The molecule has 1 aromatic rings. The summed E-state index contributed by atoms with van der Waals surface area (Å²) in [7, 11) is 0. The van der Waals surface area contributed by atoms with Crippen molar-refractivity contribution in [3.63, 3.8) is 0 Å². The lowest BCUT2D eigenvalue weighted by molar-refractivity contribution is -0.138. The van der Waals surface area contributed by atoms with Crippen LogP contribution in [0, 0.1) is 6.92 Å². The van der Waals surface area contributed by atoms with Gasteiger partial charge in [0.1, 0.15) is 5.75 Å². The first kappa shape index (κ1) is 16.4. The van der Waals surface area contributed by atoms with E-state index in [4.69, 9.17) is 17.3 Å². The van der Waals surface area contributed by atoms with Crippen LogP contribution in [0.3, 0.4) is 0 Å². The Hall–Kier alpha value is -0.650. The lowest BCUT2D eigenvalue weighted by Crippen LogP contribution is -2.20. The van der Waals surface area contributed by atoms with Crippen molar-refractivity contribution in [1.29, 1.82) is 0 Å². The molecule has 0 bridgehead atoms. The molecule has 0 saturated heterocycles. The predicted molar refractivity (Wildman–Crippen MR) is 62.7 cm³/mol. The first-order chi connectivity index (χ1) is 7.20. The number of phenolic OH excluding ortho intramolecular Hbond substituents is 1. The first-order valence-electron chi connectivity index (χ1n) is 4.52. The quantitative estimate of drug-likeness (QED) is 0.871. The van der Waals surface area contributed by atoms with Crippen LogP contribution < -0.4 is 5.73 Å². The van der Waals surface area contributed by atoms with Crippen LogP contribution in [-0.4, -0.2) is 11.3 Å². The van der Waals surface area contributed by atoms with Gasteiger partial charge in [-0.3, -0.25) is 0 Å². The molecule has 17 heavy (non-hydrogen) atoms. The minimum atomic E-state index is -4.37. The van der Waals surface area contributed by atoms with Crippen molar-refractivity contribution >= 4 is 24.0 Å². The first-order valence-corrected chi connectivity index (χ1v) is 4.90. The number of hydrogen-bond acceptors (Lipinski definition) is 2. The van der Waals surface area contributed by atoms with E-state index < -0.39 is 18.6 Å². The molecule has 3 N–H and O–H groups in total. The Morgan fingerprint density at radius 3 is 2.41 bits per heavy atom. The van der Waals surface area contributed by atoms with Gasteiger partial charge in [0.25, 0.3) is 0 Å². The number of hydrogen-bond donors (Lipinski definition) is 2. The second-order valence-corrected chi connectivity index (χ2v) is 4.02. The number of phenols is 1. The standard InChI is InChI=1S/C10H11ClF3NO.ClH/c1-5-2-6(11)3-7(9(5)16)8(15)4-10(12,13)14;/h2-3,8,16H,4,15H2,1H3;1H/t8-;/m0./s1. The maximum Gasteiger partial charge on any atom is 0.390 e. The highest BCUT2D eigenvalue weighted by molar-refractivity contribution is 6.30. The third-order valence-corrected chi connectivity index (χ3v) is 2.36. The number of nitrogens with two attached hydrogens (primary N) is 1. The van der Waals surface area contributed by atoms with Gasteiger partial charge in [0.15, 0.2) is 0 Å². The molecule has 0 fully saturated rings. The highest BCUT2D eigenvalue weighted by Gasteiger charge is 2.32. The Balaban J connectivity index is 0.00000256. The Morgan fingerprint density at radius 2 is 1.94 bits per heavy atom. The van der Waals surface area contributed by atoms with Crippen molar-refractivity contribution in [1.82, 2.24) is 0 Å². The van der Waals surface area contributed by atoms with Crippen molar-refractivity contribution in [2.75, 3.05) is 0 Å².